The summed E-state index contributed by atoms with van der Waals surface area (Å²) in [6, 6.07) is -0.0177. The van der Waals surface area contributed by atoms with Crippen LogP contribution in [0, 0.1) is 0 Å². The summed E-state index contributed by atoms with van der Waals surface area (Å²) < 4.78 is 5.11. The first-order valence-corrected chi connectivity index (χ1v) is 6.54. The predicted octanol–water partition coefficient (Wildman–Crippen LogP) is 0.0338. The van der Waals surface area contributed by atoms with E-state index < -0.39 is 0 Å². The van der Waals surface area contributed by atoms with Gasteiger partial charge in [0.2, 0.25) is 5.91 Å². The second kappa shape index (κ2) is 9.39. The van der Waals surface area contributed by atoms with Crippen molar-refractivity contribution >= 4 is 5.91 Å². The first kappa shape index (κ1) is 14.4. The molecule has 1 saturated heterocycles. The first-order valence-electron chi connectivity index (χ1n) is 6.54. The van der Waals surface area contributed by atoms with Gasteiger partial charge in [-0.05, 0) is 25.8 Å². The predicted molar refractivity (Wildman–Crippen MR) is 65.8 cm³/mol. The molecule has 0 aromatic rings. The molecule has 1 amide bonds. The Morgan fingerprint density at radius 1 is 1.35 bits per heavy atom. The summed E-state index contributed by atoms with van der Waals surface area (Å²) in [6.45, 7) is 2.59. The summed E-state index contributed by atoms with van der Waals surface area (Å²) in [5.41, 5.74) is 0. The fourth-order valence-corrected chi connectivity index (χ4v) is 1.93. The molecule has 3 N–H and O–H groups in total. The second-order valence-electron chi connectivity index (χ2n) is 4.34. The molecule has 0 aliphatic carbocycles. The smallest absolute Gasteiger partial charge is 0.237 e. The summed E-state index contributed by atoms with van der Waals surface area (Å²) in [6.07, 6.45) is 5.24. The van der Waals surface area contributed by atoms with Gasteiger partial charge in [0.05, 0.1) is 19.3 Å². The molecule has 0 saturated carbocycles. The monoisotopic (exact) mass is 244 g/mol. The Morgan fingerprint density at radius 2 is 2.24 bits per heavy atom. The van der Waals surface area contributed by atoms with Crippen molar-refractivity contribution in [3.8, 4) is 0 Å². The summed E-state index contributed by atoms with van der Waals surface area (Å²) in [5.74, 6) is 0.106. The molecule has 1 rings (SSSR count). The third kappa shape index (κ3) is 6.61. The number of amides is 1. The van der Waals surface area contributed by atoms with Crippen molar-refractivity contribution in [3.63, 3.8) is 0 Å². The number of aliphatic hydroxyl groups excluding tert-OH is 1. The molecular weight excluding hydrogens is 220 g/mol. The Bertz CT molecular complexity index is 204. The molecule has 1 unspecified atom stereocenters. The highest BCUT2D eigenvalue weighted by atomic mass is 16.5. The van der Waals surface area contributed by atoms with Gasteiger partial charge >= 0.3 is 0 Å². The highest BCUT2D eigenvalue weighted by Gasteiger charge is 2.18. The molecule has 1 aliphatic heterocycles. The molecule has 0 radical (unpaired) electrons. The van der Waals surface area contributed by atoms with Crippen molar-refractivity contribution in [2.24, 2.45) is 0 Å². The van der Waals surface area contributed by atoms with Crippen LogP contribution in [0.25, 0.3) is 0 Å². The maximum atomic E-state index is 11.8. The number of nitrogens with one attached hydrogen (secondary N) is 2. The van der Waals surface area contributed by atoms with Crippen molar-refractivity contribution in [2.75, 3.05) is 32.9 Å². The SMILES string of the molecule is O=C(NCCCOCCO)C1CCCCCN1. The Balaban J connectivity index is 2.03. The zero-order chi connectivity index (χ0) is 12.3. The maximum absolute atomic E-state index is 11.8. The molecule has 100 valence electrons. The van der Waals surface area contributed by atoms with E-state index in [0.29, 0.717) is 19.8 Å². The highest BCUT2D eigenvalue weighted by molar-refractivity contribution is 5.81. The molecule has 5 nitrogen and oxygen atoms in total. The molecule has 1 aliphatic rings. The van der Waals surface area contributed by atoms with Gasteiger partial charge in [0.25, 0.3) is 0 Å². The van der Waals surface area contributed by atoms with E-state index in [4.69, 9.17) is 9.84 Å². The van der Waals surface area contributed by atoms with Crippen LogP contribution >= 0.6 is 0 Å². The van der Waals surface area contributed by atoms with Gasteiger partial charge in [0.1, 0.15) is 0 Å². The first-order chi connectivity index (χ1) is 8.34. The van der Waals surface area contributed by atoms with Crippen LogP contribution in [0.15, 0.2) is 0 Å². The number of rotatable bonds is 7. The molecule has 1 atom stereocenters. The Kier molecular flexibility index (Phi) is 7.96. The quantitative estimate of drug-likeness (QED) is 0.553. The lowest BCUT2D eigenvalue weighted by molar-refractivity contribution is -0.123. The third-order valence-corrected chi connectivity index (χ3v) is 2.88. The van der Waals surface area contributed by atoms with Crippen LogP contribution in [0.2, 0.25) is 0 Å². The number of carbonyl (C=O) groups excluding carboxylic acids is 1. The van der Waals surface area contributed by atoms with E-state index in [0.717, 1.165) is 25.8 Å². The third-order valence-electron chi connectivity index (χ3n) is 2.88. The molecule has 1 fully saturated rings. The Labute approximate surface area is 103 Å². The van der Waals surface area contributed by atoms with Crippen LogP contribution in [0.1, 0.15) is 32.1 Å². The van der Waals surface area contributed by atoms with Gasteiger partial charge in [-0.2, -0.15) is 0 Å². The van der Waals surface area contributed by atoms with Crippen molar-refractivity contribution in [1.82, 2.24) is 10.6 Å². The van der Waals surface area contributed by atoms with Crippen molar-refractivity contribution in [2.45, 2.75) is 38.1 Å². The normalized spacial score (nSPS) is 20.9. The number of carbonyl (C=O) groups is 1. The minimum Gasteiger partial charge on any atom is -0.394 e. The van der Waals surface area contributed by atoms with Crippen LogP contribution in [0.4, 0.5) is 0 Å². The lowest BCUT2D eigenvalue weighted by Gasteiger charge is -2.15. The van der Waals surface area contributed by atoms with E-state index in [1.807, 2.05) is 0 Å². The topological polar surface area (TPSA) is 70.6 Å². The molecule has 1 heterocycles. The summed E-state index contributed by atoms with van der Waals surface area (Å²) in [5, 5.41) is 14.7. The zero-order valence-electron chi connectivity index (χ0n) is 10.4. The summed E-state index contributed by atoms with van der Waals surface area (Å²) in [7, 11) is 0. The van der Waals surface area contributed by atoms with Gasteiger partial charge in [-0.25, -0.2) is 0 Å². The summed E-state index contributed by atoms with van der Waals surface area (Å²) in [4.78, 5) is 11.8. The largest absolute Gasteiger partial charge is 0.394 e. The van der Waals surface area contributed by atoms with Gasteiger partial charge in [-0.15, -0.1) is 0 Å². The van der Waals surface area contributed by atoms with Crippen LogP contribution in [0.3, 0.4) is 0 Å². The molecule has 0 bridgehead atoms. The van der Waals surface area contributed by atoms with Gasteiger partial charge in [0.15, 0.2) is 0 Å². The molecule has 0 spiro atoms. The fourth-order valence-electron chi connectivity index (χ4n) is 1.93. The van der Waals surface area contributed by atoms with Gasteiger partial charge in [-0.3, -0.25) is 4.79 Å². The second-order valence-corrected chi connectivity index (χ2v) is 4.34. The molecule has 17 heavy (non-hydrogen) atoms. The van der Waals surface area contributed by atoms with Crippen molar-refractivity contribution in [3.05, 3.63) is 0 Å². The zero-order valence-corrected chi connectivity index (χ0v) is 10.4. The van der Waals surface area contributed by atoms with Crippen LogP contribution in [-0.2, 0) is 9.53 Å². The molecule has 5 heteroatoms. The van der Waals surface area contributed by atoms with E-state index in [1.54, 1.807) is 0 Å². The number of aliphatic hydroxyl groups is 1. The van der Waals surface area contributed by atoms with Crippen LogP contribution < -0.4 is 10.6 Å². The van der Waals surface area contributed by atoms with Gasteiger partial charge < -0.3 is 20.5 Å². The van der Waals surface area contributed by atoms with E-state index in [9.17, 15) is 4.79 Å². The van der Waals surface area contributed by atoms with Crippen LogP contribution in [0.5, 0.6) is 0 Å². The standard InChI is InChI=1S/C12H24N2O3/c15-8-10-17-9-4-7-14-12(16)11-5-2-1-3-6-13-11/h11,13,15H,1-10H2,(H,14,16). The lowest BCUT2D eigenvalue weighted by atomic mass is 10.1. The highest BCUT2D eigenvalue weighted by Crippen LogP contribution is 2.08. The molecular formula is C12H24N2O3. The average Bonchev–Trinajstić information content (AvgIpc) is 2.62. The minimum absolute atomic E-state index is 0.0177. The van der Waals surface area contributed by atoms with Crippen LogP contribution in [-0.4, -0.2) is 50.0 Å². The average molecular weight is 244 g/mol. The number of hydrogen-bond acceptors (Lipinski definition) is 4. The maximum Gasteiger partial charge on any atom is 0.237 e. The Hall–Kier alpha value is -0.650. The Morgan fingerprint density at radius 3 is 3.06 bits per heavy atom. The number of hydrogen-bond donors (Lipinski definition) is 3. The fraction of sp³-hybridized carbons (Fsp3) is 0.917. The van der Waals surface area contributed by atoms with Gasteiger partial charge in [-0.1, -0.05) is 12.8 Å². The molecule has 0 aromatic carbocycles. The van der Waals surface area contributed by atoms with E-state index in [-0.39, 0.29) is 18.6 Å². The van der Waals surface area contributed by atoms with E-state index in [1.165, 1.54) is 12.8 Å². The van der Waals surface area contributed by atoms with Crippen molar-refractivity contribution < 1.29 is 14.6 Å². The van der Waals surface area contributed by atoms with Crippen molar-refractivity contribution in [1.29, 1.82) is 0 Å². The summed E-state index contributed by atoms with van der Waals surface area (Å²) >= 11 is 0. The van der Waals surface area contributed by atoms with Gasteiger partial charge in [0, 0.05) is 13.2 Å². The van der Waals surface area contributed by atoms with E-state index >= 15 is 0 Å². The molecule has 0 aromatic heterocycles. The minimum atomic E-state index is -0.0177. The lowest BCUT2D eigenvalue weighted by Crippen LogP contribution is -2.44. The number of ether oxygens (including phenoxy) is 1. The van der Waals surface area contributed by atoms with E-state index in [2.05, 4.69) is 10.6 Å².